The standard InChI is InChI=1S/C21H24BrNO4Si/c1-28(2,3)27-20-18(25)19(26-21(20)23-17(24)9-6-12-22)16-11-10-14-7-4-5-8-15(14)13-16/h4-5,7-8,10-11,13,25H,6,9,12H2,1-3H3,(H,23,24). The number of halogens is 1. The van der Waals surface area contributed by atoms with Crippen LogP contribution in [0.5, 0.6) is 11.5 Å². The first-order chi connectivity index (χ1) is 13.3. The Balaban J connectivity index is 2.02. The lowest BCUT2D eigenvalue weighted by molar-refractivity contribution is -0.116. The molecule has 0 bridgehead atoms. The maximum Gasteiger partial charge on any atom is 0.245 e. The second-order valence-electron chi connectivity index (χ2n) is 7.56. The fraction of sp³-hybridized carbons (Fsp3) is 0.286. The molecular formula is C21H24BrNO4Si. The average molecular weight is 462 g/mol. The van der Waals surface area contributed by atoms with E-state index < -0.39 is 8.32 Å². The fourth-order valence-electron chi connectivity index (χ4n) is 2.83. The van der Waals surface area contributed by atoms with Gasteiger partial charge in [-0.2, -0.15) is 0 Å². The lowest BCUT2D eigenvalue weighted by Gasteiger charge is -2.18. The highest BCUT2D eigenvalue weighted by Crippen LogP contribution is 2.47. The first kappa shape index (κ1) is 20.5. The lowest BCUT2D eigenvalue weighted by atomic mass is 10.1. The van der Waals surface area contributed by atoms with Crippen molar-refractivity contribution in [1.82, 2.24) is 0 Å². The molecule has 5 nitrogen and oxygen atoms in total. The third-order valence-electron chi connectivity index (χ3n) is 4.05. The van der Waals surface area contributed by atoms with Crippen LogP contribution in [0.25, 0.3) is 22.1 Å². The number of hydrogen-bond donors (Lipinski definition) is 2. The van der Waals surface area contributed by atoms with Gasteiger partial charge in [-0.15, -0.1) is 0 Å². The number of rotatable bonds is 7. The minimum atomic E-state index is -2.05. The van der Waals surface area contributed by atoms with Crippen molar-refractivity contribution in [2.24, 2.45) is 0 Å². The Bertz CT molecular complexity index is 994. The van der Waals surface area contributed by atoms with E-state index in [0.29, 0.717) is 12.8 Å². The molecule has 0 fully saturated rings. The van der Waals surface area contributed by atoms with E-state index in [2.05, 4.69) is 21.2 Å². The number of fused-ring (bicyclic) bond motifs is 1. The van der Waals surface area contributed by atoms with Gasteiger partial charge in [0.1, 0.15) is 0 Å². The van der Waals surface area contributed by atoms with Crippen LogP contribution < -0.4 is 9.74 Å². The number of aromatic hydroxyl groups is 1. The van der Waals surface area contributed by atoms with Crippen LogP contribution in [0.2, 0.25) is 19.6 Å². The van der Waals surface area contributed by atoms with E-state index >= 15 is 0 Å². The van der Waals surface area contributed by atoms with Crippen molar-refractivity contribution < 1.29 is 18.7 Å². The summed E-state index contributed by atoms with van der Waals surface area (Å²) in [4.78, 5) is 12.2. The van der Waals surface area contributed by atoms with E-state index in [1.807, 2.05) is 62.1 Å². The number of alkyl halides is 1. The van der Waals surface area contributed by atoms with Crippen LogP contribution in [0, 0.1) is 0 Å². The maximum absolute atomic E-state index is 12.2. The molecular weight excluding hydrogens is 438 g/mol. The van der Waals surface area contributed by atoms with Gasteiger partial charge < -0.3 is 13.9 Å². The van der Waals surface area contributed by atoms with Gasteiger partial charge in [0.2, 0.25) is 31.6 Å². The number of benzene rings is 2. The number of carbonyl (C=O) groups excluding carboxylic acids is 1. The molecule has 1 heterocycles. The third-order valence-corrected chi connectivity index (χ3v) is 5.43. The molecule has 1 amide bonds. The molecule has 0 unspecified atom stereocenters. The average Bonchev–Trinajstić information content (AvgIpc) is 2.94. The summed E-state index contributed by atoms with van der Waals surface area (Å²) in [5.41, 5.74) is 0.720. The molecule has 0 saturated heterocycles. The SMILES string of the molecule is C[Si](C)(C)Oc1c(NC(=O)CCCBr)oc(-c2ccc3ccccc3c2)c1O. The van der Waals surface area contributed by atoms with Crippen molar-refractivity contribution in [2.45, 2.75) is 32.5 Å². The Labute approximate surface area is 174 Å². The Morgan fingerprint density at radius 1 is 1.18 bits per heavy atom. The van der Waals surface area contributed by atoms with Crippen LogP contribution in [-0.4, -0.2) is 24.7 Å². The van der Waals surface area contributed by atoms with E-state index in [1.165, 1.54) is 0 Å². The number of amides is 1. The molecule has 3 rings (SSSR count). The van der Waals surface area contributed by atoms with Crippen LogP contribution in [-0.2, 0) is 4.79 Å². The van der Waals surface area contributed by atoms with Crippen molar-refractivity contribution in [3.63, 3.8) is 0 Å². The summed E-state index contributed by atoms with van der Waals surface area (Å²) in [6, 6.07) is 13.8. The molecule has 0 aliphatic heterocycles. The number of hydrogen-bond acceptors (Lipinski definition) is 4. The molecule has 0 atom stereocenters. The number of nitrogens with one attached hydrogen (secondary N) is 1. The number of carbonyl (C=O) groups is 1. The van der Waals surface area contributed by atoms with Gasteiger partial charge in [0.05, 0.1) is 0 Å². The predicted molar refractivity (Wildman–Crippen MR) is 119 cm³/mol. The van der Waals surface area contributed by atoms with E-state index in [-0.39, 0.29) is 29.1 Å². The normalized spacial score (nSPS) is 11.6. The van der Waals surface area contributed by atoms with Gasteiger partial charge in [-0.3, -0.25) is 10.1 Å². The summed E-state index contributed by atoms with van der Waals surface area (Å²) in [7, 11) is -2.05. The van der Waals surface area contributed by atoms with Gasteiger partial charge in [-0.05, 0) is 42.9 Å². The topological polar surface area (TPSA) is 71.7 Å². The van der Waals surface area contributed by atoms with Gasteiger partial charge in [0, 0.05) is 17.3 Å². The zero-order chi connectivity index (χ0) is 20.3. The zero-order valence-corrected chi connectivity index (χ0v) is 18.8. The molecule has 2 aromatic carbocycles. The van der Waals surface area contributed by atoms with Crippen LogP contribution >= 0.6 is 15.9 Å². The summed E-state index contributed by atoms with van der Waals surface area (Å²) < 4.78 is 11.9. The summed E-state index contributed by atoms with van der Waals surface area (Å²) in [6.07, 6.45) is 1.06. The molecule has 148 valence electrons. The molecule has 1 aromatic heterocycles. The monoisotopic (exact) mass is 461 g/mol. The van der Waals surface area contributed by atoms with Crippen LogP contribution in [0.1, 0.15) is 12.8 Å². The fourth-order valence-corrected chi connectivity index (χ4v) is 3.92. The Morgan fingerprint density at radius 3 is 2.57 bits per heavy atom. The highest BCUT2D eigenvalue weighted by Gasteiger charge is 2.28. The molecule has 28 heavy (non-hydrogen) atoms. The Hall–Kier alpha value is -2.25. The Kier molecular flexibility index (Phi) is 6.15. The summed E-state index contributed by atoms with van der Waals surface area (Å²) >= 11 is 3.32. The highest BCUT2D eigenvalue weighted by molar-refractivity contribution is 9.09. The minimum absolute atomic E-state index is 0.0894. The van der Waals surface area contributed by atoms with Gasteiger partial charge >= 0.3 is 0 Å². The molecule has 2 N–H and O–H groups in total. The molecule has 0 aliphatic rings. The van der Waals surface area contributed by atoms with Crippen molar-refractivity contribution in [3.8, 4) is 22.8 Å². The predicted octanol–water partition coefficient (Wildman–Crippen LogP) is 6.13. The van der Waals surface area contributed by atoms with Gasteiger partial charge in [0.25, 0.3) is 0 Å². The summed E-state index contributed by atoms with van der Waals surface area (Å²) in [5, 5.41) is 16.4. The molecule has 0 saturated carbocycles. The minimum Gasteiger partial charge on any atom is -0.538 e. The lowest BCUT2D eigenvalue weighted by Crippen LogP contribution is -2.29. The van der Waals surface area contributed by atoms with Crippen molar-refractivity contribution >= 4 is 46.8 Å². The maximum atomic E-state index is 12.2. The molecule has 0 spiro atoms. The van der Waals surface area contributed by atoms with E-state index in [0.717, 1.165) is 21.7 Å². The second kappa shape index (κ2) is 8.41. The van der Waals surface area contributed by atoms with E-state index in [4.69, 9.17) is 8.84 Å². The molecule has 0 aliphatic carbocycles. The zero-order valence-electron chi connectivity index (χ0n) is 16.2. The molecule has 3 aromatic rings. The Morgan fingerprint density at radius 2 is 1.89 bits per heavy atom. The summed E-state index contributed by atoms with van der Waals surface area (Å²) in [6.45, 7) is 6.02. The highest BCUT2D eigenvalue weighted by atomic mass is 79.9. The molecule has 7 heteroatoms. The second-order valence-corrected chi connectivity index (χ2v) is 12.8. The van der Waals surface area contributed by atoms with Crippen molar-refractivity contribution in [2.75, 3.05) is 10.6 Å². The number of anilines is 1. The van der Waals surface area contributed by atoms with Crippen molar-refractivity contribution in [1.29, 1.82) is 0 Å². The number of furan rings is 1. The van der Waals surface area contributed by atoms with Crippen LogP contribution in [0.3, 0.4) is 0 Å². The smallest absolute Gasteiger partial charge is 0.245 e. The third kappa shape index (κ3) is 4.77. The van der Waals surface area contributed by atoms with Crippen molar-refractivity contribution in [3.05, 3.63) is 42.5 Å². The van der Waals surface area contributed by atoms with E-state index in [1.54, 1.807) is 0 Å². The van der Waals surface area contributed by atoms with Gasteiger partial charge in [-0.25, -0.2) is 0 Å². The first-order valence-corrected chi connectivity index (χ1v) is 13.7. The van der Waals surface area contributed by atoms with Crippen LogP contribution in [0.15, 0.2) is 46.9 Å². The van der Waals surface area contributed by atoms with Gasteiger partial charge in [-0.1, -0.05) is 52.3 Å². The quantitative estimate of drug-likeness (QED) is 0.327. The van der Waals surface area contributed by atoms with Crippen LogP contribution in [0.4, 0.5) is 5.88 Å². The first-order valence-electron chi connectivity index (χ1n) is 9.18. The summed E-state index contributed by atoms with van der Waals surface area (Å²) in [5.74, 6) is 0.374. The largest absolute Gasteiger partial charge is 0.538 e. The van der Waals surface area contributed by atoms with Gasteiger partial charge in [0.15, 0.2) is 5.76 Å². The molecule has 0 radical (unpaired) electrons. The van der Waals surface area contributed by atoms with E-state index in [9.17, 15) is 9.90 Å².